The van der Waals surface area contributed by atoms with Crippen LogP contribution in [0.5, 0.6) is 0 Å². The monoisotopic (exact) mass is 215 g/mol. The number of Topliss-reactive ketones (excluding diaryl/α,β-unsaturated/α-hetero) is 1. The molecule has 82 valence electrons. The molecule has 1 amide bonds. The normalized spacial score (nSPS) is 24.0. The third-order valence-electron chi connectivity index (χ3n) is 3.48. The topological polar surface area (TPSA) is 37.4 Å². The second-order valence-corrected chi connectivity index (χ2v) is 4.41. The number of hydrogen-bond donors (Lipinski definition) is 0. The molecular formula is C13H13NO2. The maximum absolute atomic E-state index is 11.9. The molecule has 16 heavy (non-hydrogen) atoms. The summed E-state index contributed by atoms with van der Waals surface area (Å²) < 4.78 is 0. The van der Waals surface area contributed by atoms with Gasteiger partial charge in [-0.25, -0.2) is 0 Å². The first-order chi connectivity index (χ1) is 7.77. The van der Waals surface area contributed by atoms with Crippen LogP contribution < -0.4 is 4.90 Å². The molecule has 2 aliphatic rings. The van der Waals surface area contributed by atoms with Crippen molar-refractivity contribution in [3.05, 3.63) is 29.8 Å². The van der Waals surface area contributed by atoms with E-state index in [0.29, 0.717) is 12.8 Å². The van der Waals surface area contributed by atoms with Crippen LogP contribution in [0.2, 0.25) is 0 Å². The lowest BCUT2D eigenvalue weighted by Crippen LogP contribution is -2.51. The molecule has 1 aromatic carbocycles. The zero-order valence-electron chi connectivity index (χ0n) is 8.98. The van der Waals surface area contributed by atoms with Crippen LogP contribution in [-0.4, -0.2) is 17.7 Å². The van der Waals surface area contributed by atoms with Crippen LogP contribution in [0.4, 0.5) is 5.69 Å². The summed E-state index contributed by atoms with van der Waals surface area (Å²) in [5.74, 6) is 0.311. The minimum Gasteiger partial charge on any atom is -0.302 e. The third-order valence-corrected chi connectivity index (χ3v) is 3.48. The maximum Gasteiger partial charge on any atom is 0.228 e. The highest BCUT2D eigenvalue weighted by Gasteiger charge is 2.38. The summed E-state index contributed by atoms with van der Waals surface area (Å²) in [6.45, 7) is 0. The van der Waals surface area contributed by atoms with Gasteiger partial charge >= 0.3 is 0 Å². The molecule has 0 aliphatic carbocycles. The first-order valence-electron chi connectivity index (χ1n) is 5.70. The van der Waals surface area contributed by atoms with Crippen molar-refractivity contribution in [3.8, 4) is 0 Å². The molecule has 1 unspecified atom stereocenters. The van der Waals surface area contributed by atoms with Gasteiger partial charge in [-0.1, -0.05) is 18.2 Å². The van der Waals surface area contributed by atoms with Gasteiger partial charge in [0, 0.05) is 18.5 Å². The molecule has 1 fully saturated rings. The summed E-state index contributed by atoms with van der Waals surface area (Å²) >= 11 is 0. The third kappa shape index (κ3) is 1.28. The van der Waals surface area contributed by atoms with Crippen LogP contribution in [0.15, 0.2) is 24.3 Å². The molecule has 0 saturated carbocycles. The Kier molecular flexibility index (Phi) is 2.06. The molecule has 0 N–H and O–H groups in total. The summed E-state index contributed by atoms with van der Waals surface area (Å²) in [6.07, 6.45) is 2.46. The van der Waals surface area contributed by atoms with Crippen LogP contribution in [-0.2, 0) is 16.0 Å². The van der Waals surface area contributed by atoms with Gasteiger partial charge in [-0.2, -0.15) is 0 Å². The minimum atomic E-state index is -0.198. The Bertz CT molecular complexity index is 467. The van der Waals surface area contributed by atoms with Crippen molar-refractivity contribution in [1.82, 2.24) is 0 Å². The molecule has 0 spiro atoms. The van der Waals surface area contributed by atoms with E-state index in [0.717, 1.165) is 18.5 Å². The molecule has 3 rings (SSSR count). The largest absolute Gasteiger partial charge is 0.302 e. The standard InChI is InChI=1S/C13H13NO2/c15-12-7-8-13(16)14-10-4-2-1-3-9(10)5-6-11(12)14/h1-4,11H,5-8H2. The molecule has 1 atom stereocenters. The lowest BCUT2D eigenvalue weighted by Gasteiger charge is -2.39. The highest BCUT2D eigenvalue weighted by Crippen LogP contribution is 2.34. The number of para-hydroxylation sites is 1. The van der Waals surface area contributed by atoms with Crippen molar-refractivity contribution in [2.75, 3.05) is 4.90 Å². The van der Waals surface area contributed by atoms with Crippen LogP contribution in [0.25, 0.3) is 0 Å². The summed E-state index contributed by atoms with van der Waals surface area (Å²) in [5, 5.41) is 0. The van der Waals surface area contributed by atoms with E-state index in [4.69, 9.17) is 0 Å². The SMILES string of the molecule is O=C1CCC(=O)N2c3ccccc3CCC12. The van der Waals surface area contributed by atoms with E-state index in [2.05, 4.69) is 0 Å². The Labute approximate surface area is 94.1 Å². The number of aryl methyl sites for hydroxylation is 1. The van der Waals surface area contributed by atoms with Crippen LogP contribution in [0, 0.1) is 0 Å². The number of hydrogen-bond acceptors (Lipinski definition) is 2. The number of piperidine rings is 1. The quantitative estimate of drug-likeness (QED) is 0.660. The van der Waals surface area contributed by atoms with Gasteiger partial charge in [0.25, 0.3) is 0 Å². The molecule has 1 saturated heterocycles. The Hall–Kier alpha value is -1.64. The molecule has 2 heterocycles. The molecular weight excluding hydrogens is 202 g/mol. The Morgan fingerprint density at radius 3 is 2.75 bits per heavy atom. The predicted molar refractivity (Wildman–Crippen MR) is 60.3 cm³/mol. The molecule has 0 radical (unpaired) electrons. The van der Waals surface area contributed by atoms with E-state index in [1.54, 1.807) is 4.90 Å². The molecule has 2 aliphatic heterocycles. The lowest BCUT2D eigenvalue weighted by atomic mass is 9.88. The fourth-order valence-corrected chi connectivity index (χ4v) is 2.68. The van der Waals surface area contributed by atoms with Crippen molar-refractivity contribution < 1.29 is 9.59 Å². The van der Waals surface area contributed by atoms with Crippen molar-refractivity contribution >= 4 is 17.4 Å². The van der Waals surface area contributed by atoms with Crippen LogP contribution in [0.1, 0.15) is 24.8 Å². The van der Waals surface area contributed by atoms with Gasteiger partial charge in [-0.15, -0.1) is 0 Å². The molecule has 1 aromatic rings. The van der Waals surface area contributed by atoms with Crippen molar-refractivity contribution in [3.63, 3.8) is 0 Å². The average molecular weight is 215 g/mol. The lowest BCUT2D eigenvalue weighted by molar-refractivity contribution is -0.130. The number of benzene rings is 1. The van der Waals surface area contributed by atoms with Gasteiger partial charge in [-0.3, -0.25) is 9.59 Å². The van der Waals surface area contributed by atoms with Gasteiger partial charge in [0.15, 0.2) is 5.78 Å². The number of carbonyl (C=O) groups excluding carboxylic acids is 2. The van der Waals surface area contributed by atoms with E-state index in [9.17, 15) is 9.59 Å². The van der Waals surface area contributed by atoms with E-state index < -0.39 is 0 Å². The number of fused-ring (bicyclic) bond motifs is 3. The average Bonchev–Trinajstić information content (AvgIpc) is 2.33. The van der Waals surface area contributed by atoms with Gasteiger partial charge < -0.3 is 4.90 Å². The first-order valence-corrected chi connectivity index (χ1v) is 5.70. The minimum absolute atomic E-state index is 0.0942. The predicted octanol–water partition coefficient (Wildman–Crippen LogP) is 1.70. The van der Waals surface area contributed by atoms with Gasteiger partial charge in [0.05, 0.1) is 6.04 Å². The highest BCUT2D eigenvalue weighted by molar-refractivity contribution is 6.07. The second kappa shape index (κ2) is 3.44. The number of ketones is 1. The summed E-state index contributed by atoms with van der Waals surface area (Å²) in [7, 11) is 0. The smallest absolute Gasteiger partial charge is 0.228 e. The number of amides is 1. The molecule has 0 bridgehead atoms. The van der Waals surface area contributed by atoms with Gasteiger partial charge in [0.2, 0.25) is 5.91 Å². The number of rotatable bonds is 0. The van der Waals surface area contributed by atoms with E-state index in [1.165, 1.54) is 5.56 Å². The van der Waals surface area contributed by atoms with Gasteiger partial charge in [0.1, 0.15) is 0 Å². The second-order valence-electron chi connectivity index (χ2n) is 4.41. The Morgan fingerprint density at radius 1 is 1.06 bits per heavy atom. The summed E-state index contributed by atoms with van der Waals surface area (Å²) in [4.78, 5) is 25.4. The fraction of sp³-hybridized carbons (Fsp3) is 0.385. The number of carbonyl (C=O) groups is 2. The number of nitrogens with zero attached hydrogens (tertiary/aromatic N) is 1. The van der Waals surface area contributed by atoms with Crippen molar-refractivity contribution in [2.45, 2.75) is 31.7 Å². The van der Waals surface area contributed by atoms with E-state index in [-0.39, 0.29) is 17.7 Å². The van der Waals surface area contributed by atoms with E-state index in [1.807, 2.05) is 24.3 Å². The first kappa shape index (κ1) is 9.58. The summed E-state index contributed by atoms with van der Waals surface area (Å²) in [6, 6.07) is 7.69. The molecule has 3 nitrogen and oxygen atoms in total. The highest BCUT2D eigenvalue weighted by atomic mass is 16.2. The van der Waals surface area contributed by atoms with E-state index >= 15 is 0 Å². The fourth-order valence-electron chi connectivity index (χ4n) is 2.68. The molecule has 0 aromatic heterocycles. The van der Waals surface area contributed by atoms with Gasteiger partial charge in [-0.05, 0) is 24.5 Å². The summed E-state index contributed by atoms with van der Waals surface area (Å²) in [5.41, 5.74) is 2.12. The van der Waals surface area contributed by atoms with Crippen LogP contribution in [0.3, 0.4) is 0 Å². The van der Waals surface area contributed by atoms with Crippen molar-refractivity contribution in [1.29, 1.82) is 0 Å². The Balaban J connectivity index is 2.09. The van der Waals surface area contributed by atoms with Crippen LogP contribution >= 0.6 is 0 Å². The number of anilines is 1. The molecule has 3 heteroatoms. The zero-order valence-corrected chi connectivity index (χ0v) is 8.98. The maximum atomic E-state index is 11.9. The zero-order chi connectivity index (χ0) is 11.1. The Morgan fingerprint density at radius 2 is 1.88 bits per heavy atom. The van der Waals surface area contributed by atoms with Crippen molar-refractivity contribution in [2.24, 2.45) is 0 Å².